The first-order valence-corrected chi connectivity index (χ1v) is 9.43. The second kappa shape index (κ2) is 8.84. The topological polar surface area (TPSA) is 84.7 Å². The zero-order chi connectivity index (χ0) is 20.1. The summed E-state index contributed by atoms with van der Waals surface area (Å²) in [6.45, 7) is 7.64. The van der Waals surface area contributed by atoms with Crippen LogP contribution < -0.4 is 10.7 Å². The van der Waals surface area contributed by atoms with Crippen molar-refractivity contribution in [3.63, 3.8) is 0 Å². The van der Waals surface area contributed by atoms with Crippen LogP contribution in [0.1, 0.15) is 35.4 Å². The van der Waals surface area contributed by atoms with Crippen molar-refractivity contribution in [3.05, 3.63) is 52.8 Å². The second-order valence-corrected chi connectivity index (χ2v) is 7.09. The lowest BCUT2D eigenvalue weighted by molar-refractivity contribution is -0.136. The fourth-order valence-electron chi connectivity index (χ4n) is 3.27. The molecular formula is C21H26N4O3. The summed E-state index contributed by atoms with van der Waals surface area (Å²) in [5.74, 6) is -1.57. The van der Waals surface area contributed by atoms with E-state index in [-0.39, 0.29) is 6.10 Å². The van der Waals surface area contributed by atoms with Crippen molar-refractivity contribution in [2.24, 2.45) is 5.10 Å². The number of nitrogens with zero attached hydrogens (tertiary/aromatic N) is 2. The van der Waals surface area contributed by atoms with Gasteiger partial charge < -0.3 is 14.6 Å². The van der Waals surface area contributed by atoms with Crippen LogP contribution in [-0.2, 0) is 20.9 Å². The van der Waals surface area contributed by atoms with E-state index in [1.165, 1.54) is 0 Å². The Morgan fingerprint density at radius 2 is 1.96 bits per heavy atom. The number of benzene rings is 1. The Bertz CT molecular complexity index is 878. The highest BCUT2D eigenvalue weighted by atomic mass is 16.5. The van der Waals surface area contributed by atoms with Crippen LogP contribution in [0.15, 0.2) is 35.4 Å². The van der Waals surface area contributed by atoms with Crippen LogP contribution in [0.25, 0.3) is 0 Å². The van der Waals surface area contributed by atoms with E-state index in [0.29, 0.717) is 5.69 Å². The van der Waals surface area contributed by atoms with Gasteiger partial charge in [-0.15, -0.1) is 0 Å². The predicted molar refractivity (Wildman–Crippen MR) is 108 cm³/mol. The monoisotopic (exact) mass is 382 g/mol. The summed E-state index contributed by atoms with van der Waals surface area (Å²) in [6, 6.07) is 9.21. The molecule has 1 aliphatic heterocycles. The van der Waals surface area contributed by atoms with Crippen molar-refractivity contribution in [1.29, 1.82) is 0 Å². The van der Waals surface area contributed by atoms with Crippen molar-refractivity contribution >= 4 is 23.7 Å². The molecule has 2 amide bonds. The lowest BCUT2D eigenvalue weighted by Crippen LogP contribution is -2.32. The summed E-state index contributed by atoms with van der Waals surface area (Å²) < 4.78 is 7.91. The van der Waals surface area contributed by atoms with Crippen molar-refractivity contribution in [1.82, 2.24) is 9.99 Å². The quantitative estimate of drug-likeness (QED) is 0.474. The Kier molecular flexibility index (Phi) is 6.26. The van der Waals surface area contributed by atoms with Gasteiger partial charge in [0.05, 0.1) is 12.3 Å². The number of rotatable bonds is 5. The fraction of sp³-hybridized carbons (Fsp3) is 0.381. The van der Waals surface area contributed by atoms with Gasteiger partial charge in [-0.05, 0) is 51.8 Å². The molecule has 0 saturated carbocycles. The van der Waals surface area contributed by atoms with E-state index < -0.39 is 11.8 Å². The molecule has 2 N–H and O–H groups in total. The molecule has 1 atom stereocenters. The van der Waals surface area contributed by atoms with Crippen LogP contribution in [0.4, 0.5) is 5.69 Å². The highest BCUT2D eigenvalue weighted by Gasteiger charge is 2.18. The zero-order valence-corrected chi connectivity index (χ0v) is 16.5. The third-order valence-electron chi connectivity index (χ3n) is 4.91. The first kappa shape index (κ1) is 19.8. The minimum absolute atomic E-state index is 0.250. The molecule has 0 unspecified atom stereocenters. The number of amides is 2. The molecule has 0 bridgehead atoms. The second-order valence-electron chi connectivity index (χ2n) is 7.09. The van der Waals surface area contributed by atoms with Gasteiger partial charge in [-0.2, -0.15) is 5.10 Å². The minimum Gasteiger partial charge on any atom is -0.376 e. The summed E-state index contributed by atoms with van der Waals surface area (Å²) in [5.41, 5.74) is 6.97. The van der Waals surface area contributed by atoms with E-state index >= 15 is 0 Å². The van der Waals surface area contributed by atoms with E-state index in [4.69, 9.17) is 4.74 Å². The van der Waals surface area contributed by atoms with Gasteiger partial charge in [0, 0.05) is 35.8 Å². The van der Waals surface area contributed by atoms with Gasteiger partial charge in [0.2, 0.25) is 0 Å². The van der Waals surface area contributed by atoms with E-state index in [0.717, 1.165) is 48.5 Å². The molecule has 28 heavy (non-hydrogen) atoms. The maximum atomic E-state index is 11.9. The Balaban J connectivity index is 1.56. The largest absolute Gasteiger partial charge is 0.376 e. The lowest BCUT2D eigenvalue weighted by Gasteiger charge is -2.14. The van der Waals surface area contributed by atoms with Crippen LogP contribution in [0.2, 0.25) is 0 Å². The normalized spacial score (nSPS) is 16.5. The average molecular weight is 382 g/mol. The van der Waals surface area contributed by atoms with E-state index in [9.17, 15) is 9.59 Å². The standard InChI is InChI=1S/C21H26N4O3/c1-14-6-8-18(9-7-14)23-20(26)21(27)24-22-12-17-11-15(2)25(16(17)3)13-19-5-4-10-28-19/h6-9,11-12,19H,4-5,10,13H2,1-3H3,(H,23,26)(H,24,27)/b22-12-/t19-/m1/s1. The molecule has 0 aliphatic carbocycles. The third-order valence-corrected chi connectivity index (χ3v) is 4.91. The maximum Gasteiger partial charge on any atom is 0.329 e. The SMILES string of the molecule is Cc1ccc(NC(=O)C(=O)N/N=C\c2cc(C)n(C[C@H]3CCCO3)c2C)cc1. The number of hydrazone groups is 1. The predicted octanol–water partition coefficient (Wildman–Crippen LogP) is 2.68. The van der Waals surface area contributed by atoms with Crippen molar-refractivity contribution in [3.8, 4) is 0 Å². The highest BCUT2D eigenvalue weighted by Crippen LogP contribution is 2.19. The Labute approximate surface area is 164 Å². The van der Waals surface area contributed by atoms with Crippen molar-refractivity contribution in [2.45, 2.75) is 46.3 Å². The van der Waals surface area contributed by atoms with Gasteiger partial charge in [-0.3, -0.25) is 9.59 Å². The molecule has 7 heteroatoms. The molecule has 3 rings (SSSR count). The smallest absolute Gasteiger partial charge is 0.329 e. The number of aromatic nitrogens is 1. The fourth-order valence-corrected chi connectivity index (χ4v) is 3.27. The molecule has 1 aliphatic rings. The molecule has 2 aromatic rings. The molecule has 0 radical (unpaired) electrons. The zero-order valence-electron chi connectivity index (χ0n) is 16.5. The molecule has 148 valence electrons. The molecule has 1 fully saturated rings. The van der Waals surface area contributed by atoms with Gasteiger partial charge in [-0.25, -0.2) is 5.43 Å². The summed E-state index contributed by atoms with van der Waals surface area (Å²) in [6.07, 6.45) is 3.99. The third kappa shape index (κ3) is 4.86. The first-order valence-electron chi connectivity index (χ1n) is 9.43. The number of carbonyl (C=O) groups is 2. The molecular weight excluding hydrogens is 356 g/mol. The molecule has 1 aromatic heterocycles. The minimum atomic E-state index is -0.815. The molecule has 1 saturated heterocycles. The Hall–Kier alpha value is -2.93. The highest BCUT2D eigenvalue weighted by molar-refractivity contribution is 6.39. The van der Waals surface area contributed by atoms with Gasteiger partial charge in [0.15, 0.2) is 0 Å². The van der Waals surface area contributed by atoms with Crippen LogP contribution >= 0.6 is 0 Å². The van der Waals surface area contributed by atoms with Crippen LogP contribution in [-0.4, -0.2) is 35.3 Å². The van der Waals surface area contributed by atoms with Gasteiger partial charge >= 0.3 is 11.8 Å². The number of hydrogen-bond donors (Lipinski definition) is 2. The van der Waals surface area contributed by atoms with Gasteiger partial charge in [0.25, 0.3) is 0 Å². The van der Waals surface area contributed by atoms with Crippen LogP contribution in [0.3, 0.4) is 0 Å². The molecule has 0 spiro atoms. The number of nitrogens with one attached hydrogen (secondary N) is 2. The molecule has 2 heterocycles. The number of carbonyl (C=O) groups excluding carboxylic acids is 2. The first-order chi connectivity index (χ1) is 13.4. The lowest BCUT2D eigenvalue weighted by atomic mass is 10.2. The summed E-state index contributed by atoms with van der Waals surface area (Å²) in [4.78, 5) is 23.9. The van der Waals surface area contributed by atoms with Crippen molar-refractivity contribution < 1.29 is 14.3 Å². The summed E-state index contributed by atoms with van der Waals surface area (Å²) in [5, 5.41) is 6.48. The van der Waals surface area contributed by atoms with E-state index in [1.807, 2.05) is 39.0 Å². The molecule has 7 nitrogen and oxygen atoms in total. The molecule has 1 aromatic carbocycles. The number of ether oxygens (including phenoxy) is 1. The van der Waals surface area contributed by atoms with E-state index in [2.05, 4.69) is 20.4 Å². The number of hydrogen-bond acceptors (Lipinski definition) is 4. The van der Waals surface area contributed by atoms with Crippen LogP contribution in [0, 0.1) is 20.8 Å². The van der Waals surface area contributed by atoms with E-state index in [1.54, 1.807) is 18.3 Å². The van der Waals surface area contributed by atoms with Gasteiger partial charge in [-0.1, -0.05) is 17.7 Å². The maximum absolute atomic E-state index is 11.9. The number of aryl methyl sites for hydroxylation is 2. The van der Waals surface area contributed by atoms with Gasteiger partial charge in [0.1, 0.15) is 0 Å². The van der Waals surface area contributed by atoms with Crippen molar-refractivity contribution in [2.75, 3.05) is 11.9 Å². The summed E-state index contributed by atoms with van der Waals surface area (Å²) in [7, 11) is 0. The van der Waals surface area contributed by atoms with Crippen LogP contribution in [0.5, 0.6) is 0 Å². The summed E-state index contributed by atoms with van der Waals surface area (Å²) >= 11 is 0. The average Bonchev–Trinajstić information content (AvgIpc) is 3.27. The number of anilines is 1. The Morgan fingerprint density at radius 1 is 1.21 bits per heavy atom. The Morgan fingerprint density at radius 3 is 2.64 bits per heavy atom.